The molecule has 0 bridgehead atoms. The van der Waals surface area contributed by atoms with Gasteiger partial charge in [-0.05, 0) is 35.9 Å². The van der Waals surface area contributed by atoms with Gasteiger partial charge in [0, 0.05) is 18.0 Å². The van der Waals surface area contributed by atoms with Gasteiger partial charge in [0.05, 0.1) is 17.3 Å². The Morgan fingerprint density at radius 1 is 1.00 bits per heavy atom. The number of Topliss-reactive ketones (excluding diaryl/α,β-unsaturated/α-hetero) is 1. The van der Waals surface area contributed by atoms with E-state index in [0.29, 0.717) is 22.2 Å². The number of carbonyl (C=O) groups excluding carboxylic acids is 1. The van der Waals surface area contributed by atoms with Crippen molar-refractivity contribution in [1.29, 1.82) is 0 Å². The molecule has 4 rings (SSSR count). The van der Waals surface area contributed by atoms with Gasteiger partial charge < -0.3 is 0 Å². The van der Waals surface area contributed by atoms with Crippen LogP contribution >= 0.6 is 0 Å². The average molecular weight is 400 g/mol. The molecule has 0 unspecified atom stereocenters. The smallest absolute Gasteiger partial charge is 0.266 e. The summed E-state index contributed by atoms with van der Waals surface area (Å²) in [5.74, 6) is -2.32. The lowest BCUT2D eigenvalue weighted by Gasteiger charge is -2.08. The Balaban J connectivity index is 1.71. The van der Waals surface area contributed by atoms with E-state index in [4.69, 9.17) is 0 Å². The zero-order chi connectivity index (χ0) is 20.5. The molecule has 0 saturated carbocycles. The fourth-order valence-corrected chi connectivity index (χ4v) is 2.93. The number of rotatable bonds is 5. The lowest BCUT2D eigenvalue weighted by molar-refractivity contribution is 0.0960. The molecule has 9 heteroatoms. The van der Waals surface area contributed by atoms with Gasteiger partial charge in [-0.1, -0.05) is 6.07 Å². The lowest BCUT2D eigenvalue weighted by atomic mass is 10.0. The van der Waals surface area contributed by atoms with Gasteiger partial charge in [-0.25, -0.2) is 22.5 Å². The Bertz CT molecular complexity index is 1220. The minimum Gasteiger partial charge on any atom is -0.290 e. The van der Waals surface area contributed by atoms with E-state index in [9.17, 15) is 22.4 Å². The number of carbonyl (C=O) groups is 1. The molecular formula is C20H12F4N4O. The molecular weight excluding hydrogens is 388 g/mol. The summed E-state index contributed by atoms with van der Waals surface area (Å²) in [6.07, 6.45) is 1.22. The SMILES string of the molecule is O=C(Cn1ncc2ncc(-c3ccc(F)c(C(F)F)c3)cc21)c1ncccc1F. The van der Waals surface area contributed by atoms with Crippen LogP contribution in [0.25, 0.3) is 22.2 Å². The minimum atomic E-state index is -2.96. The average Bonchev–Trinajstić information content (AvgIpc) is 3.10. The quantitative estimate of drug-likeness (QED) is 0.363. The summed E-state index contributed by atoms with van der Waals surface area (Å²) in [6.45, 7) is -0.283. The standard InChI is InChI=1S/C20H12F4N4O/c21-14-4-3-11(6-13(14)20(23)24)12-7-17-16(26-8-12)9-27-28(17)10-18(29)19-15(22)2-1-5-25-19/h1-9,20H,10H2. The van der Waals surface area contributed by atoms with Gasteiger partial charge in [0.1, 0.15) is 23.6 Å². The highest BCUT2D eigenvalue weighted by Gasteiger charge is 2.17. The van der Waals surface area contributed by atoms with Crippen molar-refractivity contribution in [3.63, 3.8) is 0 Å². The number of ketones is 1. The number of fused-ring (bicyclic) bond motifs is 1. The van der Waals surface area contributed by atoms with E-state index in [1.165, 1.54) is 35.4 Å². The van der Waals surface area contributed by atoms with Crippen LogP contribution in [-0.4, -0.2) is 25.5 Å². The van der Waals surface area contributed by atoms with E-state index in [-0.39, 0.29) is 12.2 Å². The Hall–Kier alpha value is -3.62. The van der Waals surface area contributed by atoms with Gasteiger partial charge >= 0.3 is 0 Å². The van der Waals surface area contributed by atoms with E-state index in [1.54, 1.807) is 6.07 Å². The third-order valence-corrected chi connectivity index (χ3v) is 4.38. The van der Waals surface area contributed by atoms with Crippen molar-refractivity contribution in [2.24, 2.45) is 0 Å². The first-order valence-corrected chi connectivity index (χ1v) is 8.47. The van der Waals surface area contributed by atoms with E-state index < -0.39 is 29.4 Å². The molecule has 0 spiro atoms. The lowest BCUT2D eigenvalue weighted by Crippen LogP contribution is -2.14. The second-order valence-corrected chi connectivity index (χ2v) is 6.22. The summed E-state index contributed by atoms with van der Waals surface area (Å²) < 4.78 is 54.6. The van der Waals surface area contributed by atoms with Crippen molar-refractivity contribution in [2.45, 2.75) is 13.0 Å². The molecule has 5 nitrogen and oxygen atoms in total. The zero-order valence-electron chi connectivity index (χ0n) is 14.7. The maximum atomic E-state index is 13.8. The Kier molecular flexibility index (Phi) is 4.79. The molecule has 3 heterocycles. The summed E-state index contributed by atoms with van der Waals surface area (Å²) >= 11 is 0. The van der Waals surface area contributed by atoms with Crippen LogP contribution in [0.5, 0.6) is 0 Å². The molecule has 1 aromatic carbocycles. The Morgan fingerprint density at radius 3 is 2.59 bits per heavy atom. The molecule has 0 amide bonds. The van der Waals surface area contributed by atoms with Crippen molar-refractivity contribution < 1.29 is 22.4 Å². The van der Waals surface area contributed by atoms with E-state index >= 15 is 0 Å². The topological polar surface area (TPSA) is 60.7 Å². The molecule has 0 aliphatic carbocycles. The predicted molar refractivity (Wildman–Crippen MR) is 96.4 cm³/mol. The van der Waals surface area contributed by atoms with Crippen molar-refractivity contribution in [3.8, 4) is 11.1 Å². The monoisotopic (exact) mass is 400 g/mol. The number of aromatic nitrogens is 4. The highest BCUT2D eigenvalue weighted by molar-refractivity contribution is 5.95. The summed E-state index contributed by atoms with van der Waals surface area (Å²) in [5, 5.41) is 4.09. The number of hydrogen-bond donors (Lipinski definition) is 0. The molecule has 146 valence electrons. The van der Waals surface area contributed by atoms with Crippen LogP contribution in [0, 0.1) is 11.6 Å². The van der Waals surface area contributed by atoms with Crippen molar-refractivity contribution in [1.82, 2.24) is 19.7 Å². The third-order valence-electron chi connectivity index (χ3n) is 4.38. The molecule has 3 aromatic heterocycles. The highest BCUT2D eigenvalue weighted by Crippen LogP contribution is 2.29. The van der Waals surface area contributed by atoms with Gasteiger partial charge in [-0.3, -0.25) is 14.5 Å². The van der Waals surface area contributed by atoms with Crippen LogP contribution < -0.4 is 0 Å². The highest BCUT2D eigenvalue weighted by atomic mass is 19.3. The molecule has 0 radical (unpaired) electrons. The van der Waals surface area contributed by atoms with Crippen molar-refractivity contribution in [2.75, 3.05) is 0 Å². The summed E-state index contributed by atoms with van der Waals surface area (Å²) in [4.78, 5) is 20.3. The predicted octanol–water partition coefficient (Wildman–Crippen LogP) is 4.59. The number of nitrogens with zero attached hydrogens (tertiary/aromatic N) is 4. The van der Waals surface area contributed by atoms with Crippen LogP contribution in [0.4, 0.5) is 17.6 Å². The summed E-state index contributed by atoms with van der Waals surface area (Å²) in [5.41, 5.74) is 0.662. The molecule has 0 aliphatic heterocycles. The van der Waals surface area contributed by atoms with Gasteiger partial charge in [0.15, 0.2) is 5.82 Å². The third kappa shape index (κ3) is 3.58. The van der Waals surface area contributed by atoms with Crippen LogP contribution in [0.1, 0.15) is 22.5 Å². The van der Waals surface area contributed by atoms with Crippen LogP contribution in [0.15, 0.2) is 55.0 Å². The fourth-order valence-electron chi connectivity index (χ4n) is 2.93. The molecule has 0 atom stereocenters. The number of halogens is 4. The Labute approximate surface area is 161 Å². The molecule has 4 aromatic rings. The van der Waals surface area contributed by atoms with Crippen LogP contribution in [0.2, 0.25) is 0 Å². The van der Waals surface area contributed by atoms with E-state index in [2.05, 4.69) is 15.1 Å². The molecule has 29 heavy (non-hydrogen) atoms. The van der Waals surface area contributed by atoms with Gasteiger partial charge in [-0.15, -0.1) is 0 Å². The number of pyridine rings is 2. The fraction of sp³-hybridized carbons (Fsp3) is 0.100. The second-order valence-electron chi connectivity index (χ2n) is 6.22. The molecule has 0 N–H and O–H groups in total. The largest absolute Gasteiger partial charge is 0.290 e. The van der Waals surface area contributed by atoms with E-state index in [1.807, 2.05) is 0 Å². The van der Waals surface area contributed by atoms with Crippen molar-refractivity contribution >= 4 is 16.8 Å². The first-order valence-electron chi connectivity index (χ1n) is 8.47. The van der Waals surface area contributed by atoms with Crippen LogP contribution in [-0.2, 0) is 6.54 Å². The summed E-state index contributed by atoms with van der Waals surface area (Å²) in [7, 11) is 0. The number of alkyl halides is 2. The van der Waals surface area contributed by atoms with E-state index in [0.717, 1.165) is 18.2 Å². The Morgan fingerprint density at radius 2 is 1.83 bits per heavy atom. The molecule has 0 fully saturated rings. The first-order chi connectivity index (χ1) is 13.9. The maximum Gasteiger partial charge on any atom is 0.266 e. The normalized spacial score (nSPS) is 11.3. The maximum absolute atomic E-state index is 13.8. The molecule has 0 aliphatic rings. The van der Waals surface area contributed by atoms with Gasteiger partial charge in [0.2, 0.25) is 5.78 Å². The molecule has 0 saturated heterocycles. The minimum absolute atomic E-state index is 0.283. The van der Waals surface area contributed by atoms with Gasteiger partial charge in [-0.2, -0.15) is 5.10 Å². The summed E-state index contributed by atoms with van der Waals surface area (Å²) in [6, 6.07) is 7.49. The number of benzene rings is 1. The zero-order valence-corrected chi connectivity index (χ0v) is 14.7. The van der Waals surface area contributed by atoms with Crippen molar-refractivity contribution in [3.05, 3.63) is 77.9 Å². The first kappa shape index (κ1) is 18.7. The number of hydrogen-bond acceptors (Lipinski definition) is 4. The van der Waals surface area contributed by atoms with Crippen LogP contribution in [0.3, 0.4) is 0 Å². The second kappa shape index (κ2) is 7.42. The van der Waals surface area contributed by atoms with Gasteiger partial charge in [0.25, 0.3) is 6.43 Å².